The van der Waals surface area contributed by atoms with Gasteiger partial charge in [-0.3, -0.25) is 9.59 Å². The lowest BCUT2D eigenvalue weighted by molar-refractivity contribution is -0.160. The van der Waals surface area contributed by atoms with Gasteiger partial charge < -0.3 is 15.3 Å². The molecule has 15 heavy (non-hydrogen) atoms. The van der Waals surface area contributed by atoms with Crippen LogP contribution < -0.4 is 0 Å². The summed E-state index contributed by atoms with van der Waals surface area (Å²) in [6.07, 6.45) is -0.876. The summed E-state index contributed by atoms with van der Waals surface area (Å²) in [6, 6.07) is 1.47. The van der Waals surface area contributed by atoms with Crippen LogP contribution in [0, 0.1) is 16.7 Å². The Bertz CT molecular complexity index is 317. The first-order valence-electron chi connectivity index (χ1n) is 4.26. The SMILES string of the molecule is CC(C)(C(=O)O)C(O)(C#N)CCC(=O)O. The molecule has 0 spiro atoms. The number of hydrogen-bond acceptors (Lipinski definition) is 4. The van der Waals surface area contributed by atoms with E-state index in [-0.39, 0.29) is 0 Å². The molecule has 84 valence electrons. The van der Waals surface area contributed by atoms with Crippen molar-refractivity contribution in [2.75, 3.05) is 0 Å². The van der Waals surface area contributed by atoms with E-state index in [1.807, 2.05) is 0 Å². The minimum Gasteiger partial charge on any atom is -0.481 e. The lowest BCUT2D eigenvalue weighted by atomic mass is 9.73. The summed E-state index contributed by atoms with van der Waals surface area (Å²) in [4.78, 5) is 21.1. The zero-order chi connectivity index (χ0) is 12.3. The summed E-state index contributed by atoms with van der Waals surface area (Å²) < 4.78 is 0. The maximum absolute atomic E-state index is 10.8. The number of aliphatic carboxylic acids is 2. The van der Waals surface area contributed by atoms with Gasteiger partial charge in [0.15, 0.2) is 5.60 Å². The van der Waals surface area contributed by atoms with Crippen molar-refractivity contribution in [3.05, 3.63) is 0 Å². The molecule has 6 heteroatoms. The van der Waals surface area contributed by atoms with Crippen molar-refractivity contribution >= 4 is 11.9 Å². The molecule has 0 rings (SSSR count). The number of rotatable bonds is 5. The molecule has 0 aliphatic carbocycles. The number of nitriles is 1. The number of carbonyl (C=O) groups is 2. The third-order valence-corrected chi connectivity index (χ3v) is 2.45. The highest BCUT2D eigenvalue weighted by Crippen LogP contribution is 2.34. The fraction of sp³-hybridized carbons (Fsp3) is 0.667. The predicted octanol–water partition coefficient (Wildman–Crippen LogP) is 0.217. The van der Waals surface area contributed by atoms with E-state index >= 15 is 0 Å². The van der Waals surface area contributed by atoms with Crippen LogP contribution in [0.5, 0.6) is 0 Å². The zero-order valence-corrected chi connectivity index (χ0v) is 8.52. The van der Waals surface area contributed by atoms with Crippen LogP contribution in [0.2, 0.25) is 0 Å². The molecule has 1 atom stereocenters. The Kier molecular flexibility index (Phi) is 3.82. The zero-order valence-electron chi connectivity index (χ0n) is 8.52. The highest BCUT2D eigenvalue weighted by molar-refractivity contribution is 5.76. The summed E-state index contributed by atoms with van der Waals surface area (Å²) in [6.45, 7) is 2.36. The van der Waals surface area contributed by atoms with Crippen molar-refractivity contribution < 1.29 is 24.9 Å². The minimum absolute atomic E-state index is 0.419. The van der Waals surface area contributed by atoms with E-state index in [0.717, 1.165) is 0 Å². The van der Waals surface area contributed by atoms with E-state index in [4.69, 9.17) is 15.5 Å². The van der Waals surface area contributed by atoms with Gasteiger partial charge in [-0.2, -0.15) is 5.26 Å². The van der Waals surface area contributed by atoms with Crippen LogP contribution in [0.3, 0.4) is 0 Å². The van der Waals surface area contributed by atoms with Crippen LogP contribution in [-0.2, 0) is 9.59 Å². The van der Waals surface area contributed by atoms with Crippen LogP contribution in [0.25, 0.3) is 0 Å². The molecule has 0 heterocycles. The molecule has 0 aliphatic rings. The first-order valence-corrected chi connectivity index (χ1v) is 4.26. The normalized spacial score (nSPS) is 15.1. The first kappa shape index (κ1) is 13.4. The molecular weight excluding hydrogens is 202 g/mol. The topological polar surface area (TPSA) is 119 Å². The molecule has 0 radical (unpaired) electrons. The second-order valence-corrected chi connectivity index (χ2v) is 3.80. The number of aliphatic hydroxyl groups is 1. The maximum Gasteiger partial charge on any atom is 0.313 e. The Morgan fingerprint density at radius 2 is 1.80 bits per heavy atom. The lowest BCUT2D eigenvalue weighted by Crippen LogP contribution is -2.48. The monoisotopic (exact) mass is 215 g/mol. The molecular formula is C9H13NO5. The van der Waals surface area contributed by atoms with Crippen molar-refractivity contribution in [1.82, 2.24) is 0 Å². The van der Waals surface area contributed by atoms with Gasteiger partial charge in [0.1, 0.15) is 5.41 Å². The smallest absolute Gasteiger partial charge is 0.313 e. The molecule has 0 amide bonds. The predicted molar refractivity (Wildman–Crippen MR) is 48.8 cm³/mol. The van der Waals surface area contributed by atoms with E-state index in [0.29, 0.717) is 0 Å². The van der Waals surface area contributed by atoms with Crippen LogP contribution in [0.15, 0.2) is 0 Å². The highest BCUT2D eigenvalue weighted by atomic mass is 16.4. The van der Waals surface area contributed by atoms with Gasteiger partial charge >= 0.3 is 11.9 Å². The van der Waals surface area contributed by atoms with Gasteiger partial charge in [0.2, 0.25) is 0 Å². The van der Waals surface area contributed by atoms with Gasteiger partial charge in [0.25, 0.3) is 0 Å². The molecule has 0 aromatic rings. The molecule has 0 aromatic heterocycles. The van der Waals surface area contributed by atoms with E-state index < -0.39 is 35.8 Å². The van der Waals surface area contributed by atoms with Gasteiger partial charge in [-0.1, -0.05) is 0 Å². The largest absolute Gasteiger partial charge is 0.481 e. The maximum atomic E-state index is 10.8. The number of nitrogens with zero attached hydrogens (tertiary/aromatic N) is 1. The van der Waals surface area contributed by atoms with E-state index in [1.165, 1.54) is 19.9 Å². The van der Waals surface area contributed by atoms with Crippen molar-refractivity contribution in [3.63, 3.8) is 0 Å². The molecule has 0 fully saturated rings. The lowest BCUT2D eigenvalue weighted by Gasteiger charge is -2.33. The summed E-state index contributed by atoms with van der Waals surface area (Å²) in [5.41, 5.74) is -3.89. The average Bonchev–Trinajstić information content (AvgIpc) is 2.13. The Balaban J connectivity index is 4.94. The minimum atomic E-state index is -2.18. The first-order chi connectivity index (χ1) is 6.67. The molecule has 0 saturated carbocycles. The Morgan fingerprint density at radius 1 is 1.33 bits per heavy atom. The Hall–Kier alpha value is -1.61. The van der Waals surface area contributed by atoms with Crippen LogP contribution >= 0.6 is 0 Å². The summed E-state index contributed by atoms with van der Waals surface area (Å²) >= 11 is 0. The van der Waals surface area contributed by atoms with Gasteiger partial charge in [-0.15, -0.1) is 0 Å². The Labute approximate surface area is 86.8 Å². The average molecular weight is 215 g/mol. The molecule has 0 bridgehead atoms. The van der Waals surface area contributed by atoms with Crippen molar-refractivity contribution in [1.29, 1.82) is 5.26 Å². The third-order valence-electron chi connectivity index (χ3n) is 2.45. The fourth-order valence-electron chi connectivity index (χ4n) is 0.973. The van der Waals surface area contributed by atoms with E-state index in [1.54, 1.807) is 0 Å². The molecule has 0 aliphatic heterocycles. The van der Waals surface area contributed by atoms with Crippen molar-refractivity contribution in [3.8, 4) is 6.07 Å². The second-order valence-electron chi connectivity index (χ2n) is 3.80. The van der Waals surface area contributed by atoms with Crippen molar-refractivity contribution in [2.45, 2.75) is 32.3 Å². The van der Waals surface area contributed by atoms with Gasteiger partial charge in [0, 0.05) is 12.8 Å². The highest BCUT2D eigenvalue weighted by Gasteiger charge is 2.49. The standard InChI is InChI=1S/C9H13NO5/c1-8(2,7(13)14)9(15,5-10)4-3-6(11)12/h15H,3-4H2,1-2H3,(H,11,12)(H,13,14). The second kappa shape index (κ2) is 4.28. The van der Waals surface area contributed by atoms with E-state index in [2.05, 4.69) is 0 Å². The summed E-state index contributed by atoms with van der Waals surface area (Å²) in [5, 5.41) is 35.7. The van der Waals surface area contributed by atoms with Crippen LogP contribution in [0.1, 0.15) is 26.7 Å². The molecule has 3 N–H and O–H groups in total. The summed E-state index contributed by atoms with van der Waals surface area (Å²) in [7, 11) is 0. The molecule has 0 aromatic carbocycles. The number of carboxylic acid groups (broad SMARTS) is 2. The number of hydrogen-bond donors (Lipinski definition) is 3. The van der Waals surface area contributed by atoms with Crippen molar-refractivity contribution in [2.24, 2.45) is 5.41 Å². The number of carboxylic acids is 2. The third kappa shape index (κ3) is 2.67. The van der Waals surface area contributed by atoms with E-state index in [9.17, 15) is 14.7 Å². The van der Waals surface area contributed by atoms with Gasteiger partial charge in [-0.05, 0) is 13.8 Å². The van der Waals surface area contributed by atoms with Gasteiger partial charge in [-0.25, -0.2) is 0 Å². The van der Waals surface area contributed by atoms with Crippen LogP contribution in [0.4, 0.5) is 0 Å². The molecule has 6 nitrogen and oxygen atoms in total. The molecule has 1 unspecified atom stereocenters. The fourth-order valence-corrected chi connectivity index (χ4v) is 0.973. The van der Waals surface area contributed by atoms with Crippen LogP contribution in [-0.4, -0.2) is 32.9 Å². The Morgan fingerprint density at radius 3 is 2.07 bits per heavy atom. The van der Waals surface area contributed by atoms with Gasteiger partial charge in [0.05, 0.1) is 6.07 Å². The quantitative estimate of drug-likeness (QED) is 0.564. The molecule has 0 saturated heterocycles. The summed E-state index contributed by atoms with van der Waals surface area (Å²) in [5.74, 6) is -2.54.